The molecule has 4 heteroatoms. The number of benzene rings is 2. The fraction of sp³-hybridized carbons (Fsp3) is 0.176. The molecule has 0 saturated heterocycles. The van der Waals surface area contributed by atoms with Gasteiger partial charge >= 0.3 is 5.97 Å². The molecule has 4 nitrogen and oxygen atoms in total. The molecule has 1 atom stereocenters. The van der Waals surface area contributed by atoms with Crippen molar-refractivity contribution in [3.63, 3.8) is 0 Å². The Bertz CT molecular complexity index is 636. The fourth-order valence-corrected chi connectivity index (χ4v) is 2.02. The Morgan fingerprint density at radius 3 is 2.29 bits per heavy atom. The third-order valence-electron chi connectivity index (χ3n) is 3.18. The smallest absolute Gasteiger partial charge is 0.339 e. The van der Waals surface area contributed by atoms with Crippen molar-refractivity contribution in [3.8, 4) is 5.75 Å². The van der Waals surface area contributed by atoms with E-state index in [-0.39, 0.29) is 0 Å². The molecule has 2 aromatic carbocycles. The maximum atomic E-state index is 12.2. The van der Waals surface area contributed by atoms with Crippen LogP contribution in [0.4, 0.5) is 0 Å². The minimum Gasteiger partial charge on any atom is -0.496 e. The summed E-state index contributed by atoms with van der Waals surface area (Å²) in [5.74, 6) is -0.0657. The molecule has 0 radical (unpaired) electrons. The van der Waals surface area contributed by atoms with Crippen molar-refractivity contribution in [2.45, 2.75) is 12.5 Å². The molecular formula is C17H16O4. The van der Waals surface area contributed by atoms with E-state index in [4.69, 9.17) is 9.47 Å². The van der Waals surface area contributed by atoms with Crippen LogP contribution in [0.25, 0.3) is 0 Å². The minimum absolute atomic E-state index is 0.389. The lowest BCUT2D eigenvalue weighted by molar-refractivity contribution is -0.124. The van der Waals surface area contributed by atoms with Crippen molar-refractivity contribution in [2.75, 3.05) is 7.11 Å². The molecule has 0 spiro atoms. The Morgan fingerprint density at radius 2 is 1.67 bits per heavy atom. The summed E-state index contributed by atoms with van der Waals surface area (Å²) in [7, 11) is 1.50. The Labute approximate surface area is 123 Å². The zero-order chi connectivity index (χ0) is 15.3. The summed E-state index contributed by atoms with van der Waals surface area (Å²) < 4.78 is 10.6. The molecule has 0 aliphatic rings. The summed E-state index contributed by atoms with van der Waals surface area (Å²) >= 11 is 0. The minimum atomic E-state index is -1.40. The van der Waals surface area contributed by atoms with Crippen LogP contribution >= 0.6 is 0 Å². The summed E-state index contributed by atoms with van der Waals surface area (Å²) in [6.45, 7) is 1.54. The SMILES string of the molecule is COc1ccccc1[C@](C)(C=O)OC(=O)c1ccccc1. The number of methoxy groups -OCH3 is 1. The molecule has 2 aromatic rings. The second-order valence-corrected chi connectivity index (χ2v) is 4.68. The van der Waals surface area contributed by atoms with E-state index in [1.807, 2.05) is 0 Å². The lowest BCUT2D eigenvalue weighted by Crippen LogP contribution is -2.31. The van der Waals surface area contributed by atoms with Gasteiger partial charge in [0.25, 0.3) is 0 Å². The van der Waals surface area contributed by atoms with E-state index in [1.54, 1.807) is 61.5 Å². The summed E-state index contributed by atoms with van der Waals surface area (Å²) in [6, 6.07) is 15.5. The van der Waals surface area contributed by atoms with Crippen LogP contribution in [-0.4, -0.2) is 19.4 Å². The average molecular weight is 284 g/mol. The van der Waals surface area contributed by atoms with Gasteiger partial charge in [0.1, 0.15) is 5.75 Å². The first-order chi connectivity index (χ1) is 10.1. The number of ether oxygens (including phenoxy) is 2. The van der Waals surface area contributed by atoms with Crippen LogP contribution in [-0.2, 0) is 15.1 Å². The van der Waals surface area contributed by atoms with Crippen LogP contribution < -0.4 is 4.74 Å². The van der Waals surface area contributed by atoms with Gasteiger partial charge < -0.3 is 9.47 Å². The molecule has 0 unspecified atom stereocenters. The van der Waals surface area contributed by atoms with Crippen LogP contribution in [0.3, 0.4) is 0 Å². The predicted molar refractivity (Wildman–Crippen MR) is 78.3 cm³/mol. The summed E-state index contributed by atoms with van der Waals surface area (Å²) in [5.41, 5.74) is -0.508. The predicted octanol–water partition coefficient (Wildman–Crippen LogP) is 2.97. The molecule has 0 aliphatic carbocycles. The lowest BCUT2D eigenvalue weighted by Gasteiger charge is -2.25. The monoisotopic (exact) mass is 284 g/mol. The van der Waals surface area contributed by atoms with Crippen molar-refractivity contribution in [2.24, 2.45) is 0 Å². The Balaban J connectivity index is 2.34. The van der Waals surface area contributed by atoms with Crippen molar-refractivity contribution in [3.05, 3.63) is 65.7 Å². The molecule has 21 heavy (non-hydrogen) atoms. The van der Waals surface area contributed by atoms with Gasteiger partial charge in [0, 0.05) is 5.56 Å². The second kappa shape index (κ2) is 6.22. The topological polar surface area (TPSA) is 52.6 Å². The van der Waals surface area contributed by atoms with E-state index >= 15 is 0 Å². The normalized spacial score (nSPS) is 13.0. The van der Waals surface area contributed by atoms with Crippen LogP contribution in [0.15, 0.2) is 54.6 Å². The quantitative estimate of drug-likeness (QED) is 0.625. The van der Waals surface area contributed by atoms with Gasteiger partial charge in [-0.25, -0.2) is 4.79 Å². The number of carbonyl (C=O) groups excluding carboxylic acids is 2. The molecule has 0 aliphatic heterocycles. The highest BCUT2D eigenvalue weighted by Gasteiger charge is 2.34. The molecule has 0 aromatic heterocycles. The van der Waals surface area contributed by atoms with Gasteiger partial charge in [-0.1, -0.05) is 36.4 Å². The molecule has 108 valence electrons. The molecule has 0 bridgehead atoms. The number of carbonyl (C=O) groups is 2. The van der Waals surface area contributed by atoms with Crippen LogP contribution in [0.5, 0.6) is 5.75 Å². The van der Waals surface area contributed by atoms with E-state index < -0.39 is 11.6 Å². The van der Waals surface area contributed by atoms with Crippen molar-refractivity contribution >= 4 is 12.3 Å². The standard InChI is InChI=1S/C17H16O4/c1-17(12-18,14-10-6-7-11-15(14)20-2)21-16(19)13-8-4-3-5-9-13/h3-12H,1-2H3/t17-/m0/s1. The highest BCUT2D eigenvalue weighted by molar-refractivity contribution is 5.91. The Morgan fingerprint density at radius 1 is 1.05 bits per heavy atom. The van der Waals surface area contributed by atoms with Gasteiger partial charge in [-0.05, 0) is 25.1 Å². The first-order valence-corrected chi connectivity index (χ1v) is 6.49. The lowest BCUT2D eigenvalue weighted by atomic mass is 9.96. The van der Waals surface area contributed by atoms with Crippen LogP contribution in [0, 0.1) is 0 Å². The summed E-state index contributed by atoms with van der Waals surface area (Å²) in [5, 5.41) is 0. The Hall–Kier alpha value is -2.62. The summed E-state index contributed by atoms with van der Waals surface area (Å²) in [4.78, 5) is 23.7. The van der Waals surface area contributed by atoms with Gasteiger partial charge in [0.15, 0.2) is 11.9 Å². The van der Waals surface area contributed by atoms with E-state index in [9.17, 15) is 9.59 Å². The zero-order valence-electron chi connectivity index (χ0n) is 11.9. The second-order valence-electron chi connectivity index (χ2n) is 4.68. The zero-order valence-corrected chi connectivity index (χ0v) is 11.9. The third-order valence-corrected chi connectivity index (χ3v) is 3.18. The average Bonchev–Trinajstić information content (AvgIpc) is 2.55. The molecule has 0 heterocycles. The van der Waals surface area contributed by atoms with Crippen molar-refractivity contribution in [1.29, 1.82) is 0 Å². The number of para-hydroxylation sites is 1. The molecule has 2 rings (SSSR count). The fourth-order valence-electron chi connectivity index (χ4n) is 2.02. The molecule has 0 amide bonds. The number of esters is 1. The number of aldehydes is 1. The maximum absolute atomic E-state index is 12.2. The third kappa shape index (κ3) is 3.11. The first-order valence-electron chi connectivity index (χ1n) is 6.49. The highest BCUT2D eigenvalue weighted by atomic mass is 16.6. The van der Waals surface area contributed by atoms with Crippen molar-refractivity contribution in [1.82, 2.24) is 0 Å². The van der Waals surface area contributed by atoms with E-state index in [2.05, 4.69) is 0 Å². The van der Waals surface area contributed by atoms with E-state index in [0.717, 1.165) is 0 Å². The highest BCUT2D eigenvalue weighted by Crippen LogP contribution is 2.32. The number of hydrogen-bond acceptors (Lipinski definition) is 4. The van der Waals surface area contributed by atoms with Gasteiger partial charge in [-0.15, -0.1) is 0 Å². The van der Waals surface area contributed by atoms with E-state index in [0.29, 0.717) is 23.2 Å². The molecular weight excluding hydrogens is 268 g/mol. The van der Waals surface area contributed by atoms with Crippen LogP contribution in [0.1, 0.15) is 22.8 Å². The van der Waals surface area contributed by atoms with Gasteiger partial charge in [0.05, 0.1) is 12.7 Å². The number of rotatable bonds is 5. The van der Waals surface area contributed by atoms with Gasteiger partial charge in [-0.2, -0.15) is 0 Å². The van der Waals surface area contributed by atoms with Crippen LogP contribution in [0.2, 0.25) is 0 Å². The Kier molecular flexibility index (Phi) is 4.38. The van der Waals surface area contributed by atoms with Gasteiger partial charge in [0.2, 0.25) is 0 Å². The molecule has 0 saturated carbocycles. The summed E-state index contributed by atoms with van der Waals surface area (Å²) in [6.07, 6.45) is 0.603. The maximum Gasteiger partial charge on any atom is 0.339 e. The van der Waals surface area contributed by atoms with Gasteiger partial charge in [-0.3, -0.25) is 4.79 Å². The first kappa shape index (κ1) is 14.8. The van der Waals surface area contributed by atoms with Crippen molar-refractivity contribution < 1.29 is 19.1 Å². The molecule has 0 fully saturated rings. The largest absolute Gasteiger partial charge is 0.496 e. The molecule has 0 N–H and O–H groups in total. The number of hydrogen-bond donors (Lipinski definition) is 0. The van der Waals surface area contributed by atoms with E-state index in [1.165, 1.54) is 7.11 Å².